The Labute approximate surface area is 235 Å². The molecule has 0 spiro atoms. The molecule has 5 N–H and O–H groups in total. The average Bonchev–Trinajstić information content (AvgIpc) is 3.70. The van der Waals surface area contributed by atoms with Gasteiger partial charge in [0.1, 0.15) is 10.8 Å². The summed E-state index contributed by atoms with van der Waals surface area (Å²) in [6, 6.07) is 4.22. The molecule has 1 aliphatic carbocycles. The van der Waals surface area contributed by atoms with E-state index >= 15 is 0 Å². The smallest absolute Gasteiger partial charge is 0.229 e. The summed E-state index contributed by atoms with van der Waals surface area (Å²) in [5.74, 6) is 1.42. The molecule has 2 heterocycles. The third kappa shape index (κ3) is 7.61. The van der Waals surface area contributed by atoms with E-state index in [1.165, 1.54) is 23.5 Å². The van der Waals surface area contributed by atoms with Gasteiger partial charge < -0.3 is 26.0 Å². The Morgan fingerprint density at radius 2 is 1.97 bits per heavy atom. The molecule has 1 aromatic carbocycles. The Balaban J connectivity index is 1.60. The second kappa shape index (κ2) is 12.5. The van der Waals surface area contributed by atoms with Crippen LogP contribution < -0.4 is 26.0 Å². The number of rotatable bonds is 11. The SMILES string of the molecule is CN/C=C(/Nc1nc(Nc2cc(C)c(C3CCNCC3)cc2OC2CC2)ncc1Cl)C(=N)S(=O)(=O)CC(C)C. The highest BCUT2D eigenvalue weighted by Crippen LogP contribution is 2.39. The molecule has 1 saturated carbocycles. The highest BCUT2D eigenvalue weighted by atomic mass is 35.5. The number of hydrogen-bond acceptors (Lipinski definition) is 10. The van der Waals surface area contributed by atoms with Crippen LogP contribution in [-0.2, 0) is 9.84 Å². The number of ether oxygens (including phenoxy) is 1. The maximum absolute atomic E-state index is 12.7. The monoisotopic (exact) mass is 575 g/mol. The molecule has 2 fully saturated rings. The van der Waals surface area contributed by atoms with Crippen molar-refractivity contribution in [3.8, 4) is 5.75 Å². The van der Waals surface area contributed by atoms with Gasteiger partial charge in [0.05, 0.1) is 29.4 Å². The van der Waals surface area contributed by atoms with Crippen LogP contribution >= 0.6 is 11.6 Å². The van der Waals surface area contributed by atoms with Crippen molar-refractivity contribution in [3.63, 3.8) is 0 Å². The molecular formula is C27H38ClN7O3S. The van der Waals surface area contributed by atoms with Gasteiger partial charge in [0.2, 0.25) is 5.95 Å². The Bertz CT molecular complexity index is 1340. The van der Waals surface area contributed by atoms with Gasteiger partial charge in [0, 0.05) is 13.2 Å². The van der Waals surface area contributed by atoms with E-state index in [0.717, 1.165) is 50.2 Å². The first-order valence-electron chi connectivity index (χ1n) is 13.3. The minimum atomic E-state index is -3.81. The molecule has 10 nitrogen and oxygen atoms in total. The summed E-state index contributed by atoms with van der Waals surface area (Å²) in [6.07, 6.45) is 7.30. The number of aromatic nitrogens is 2. The third-order valence-corrected chi connectivity index (χ3v) is 8.83. The van der Waals surface area contributed by atoms with Gasteiger partial charge in [-0.1, -0.05) is 25.4 Å². The molecule has 0 radical (unpaired) electrons. The van der Waals surface area contributed by atoms with Gasteiger partial charge in [-0.3, -0.25) is 5.41 Å². The van der Waals surface area contributed by atoms with E-state index in [-0.39, 0.29) is 40.3 Å². The number of piperidine rings is 1. The molecule has 1 saturated heterocycles. The summed E-state index contributed by atoms with van der Waals surface area (Å²) in [7, 11) is -2.19. The van der Waals surface area contributed by atoms with Crippen LogP contribution in [0.5, 0.6) is 5.75 Å². The zero-order chi connectivity index (χ0) is 28.2. The molecule has 2 aliphatic rings. The summed E-state index contributed by atoms with van der Waals surface area (Å²) in [4.78, 5) is 8.84. The quantitative estimate of drug-likeness (QED) is 0.190. The summed E-state index contributed by atoms with van der Waals surface area (Å²) < 4.78 is 31.7. The summed E-state index contributed by atoms with van der Waals surface area (Å²) in [6.45, 7) is 7.72. The topological polar surface area (TPSA) is 141 Å². The molecule has 212 valence electrons. The Morgan fingerprint density at radius 3 is 2.62 bits per heavy atom. The van der Waals surface area contributed by atoms with Crippen LogP contribution in [0, 0.1) is 18.3 Å². The first kappa shape index (κ1) is 29.1. The van der Waals surface area contributed by atoms with E-state index in [1.54, 1.807) is 20.9 Å². The molecule has 0 bridgehead atoms. The number of sulfone groups is 1. The predicted octanol–water partition coefficient (Wildman–Crippen LogP) is 4.71. The number of halogens is 1. The van der Waals surface area contributed by atoms with E-state index in [9.17, 15) is 8.42 Å². The van der Waals surface area contributed by atoms with Crippen LogP contribution in [-0.4, -0.2) is 55.4 Å². The maximum Gasteiger partial charge on any atom is 0.229 e. The fourth-order valence-corrected chi connectivity index (χ4v) is 6.22. The van der Waals surface area contributed by atoms with Gasteiger partial charge in [0.15, 0.2) is 20.7 Å². The lowest BCUT2D eigenvalue weighted by molar-refractivity contribution is 0.304. The number of hydrogen-bond donors (Lipinski definition) is 5. The molecule has 12 heteroatoms. The van der Waals surface area contributed by atoms with Crippen molar-refractivity contribution in [2.24, 2.45) is 5.92 Å². The second-order valence-corrected chi connectivity index (χ2v) is 12.9. The van der Waals surface area contributed by atoms with Gasteiger partial charge in [-0.15, -0.1) is 0 Å². The number of benzene rings is 1. The molecule has 0 unspecified atom stereocenters. The van der Waals surface area contributed by atoms with Crippen molar-refractivity contribution in [3.05, 3.63) is 46.4 Å². The fourth-order valence-electron chi connectivity index (χ4n) is 4.59. The molecule has 39 heavy (non-hydrogen) atoms. The van der Waals surface area contributed by atoms with Gasteiger partial charge in [0.25, 0.3) is 0 Å². The minimum Gasteiger partial charge on any atom is -0.488 e. The third-order valence-electron chi connectivity index (χ3n) is 6.61. The van der Waals surface area contributed by atoms with Crippen molar-refractivity contribution in [1.82, 2.24) is 20.6 Å². The average molecular weight is 576 g/mol. The van der Waals surface area contributed by atoms with E-state index in [0.29, 0.717) is 5.92 Å². The number of nitrogens with zero attached hydrogens (tertiary/aromatic N) is 2. The fraction of sp³-hybridized carbons (Fsp3) is 0.519. The lowest BCUT2D eigenvalue weighted by Gasteiger charge is -2.26. The van der Waals surface area contributed by atoms with Crippen LogP contribution in [0.4, 0.5) is 17.5 Å². The molecule has 4 rings (SSSR count). The molecule has 0 amide bonds. The summed E-state index contributed by atoms with van der Waals surface area (Å²) in [5.41, 5.74) is 3.26. The Kier molecular flexibility index (Phi) is 9.35. The normalized spacial score (nSPS) is 16.7. The van der Waals surface area contributed by atoms with E-state index < -0.39 is 14.9 Å². The molecular weight excluding hydrogens is 538 g/mol. The highest BCUT2D eigenvalue weighted by Gasteiger charge is 2.27. The molecule has 1 aliphatic heterocycles. The van der Waals surface area contributed by atoms with Crippen molar-refractivity contribution in [1.29, 1.82) is 5.41 Å². The van der Waals surface area contributed by atoms with Crippen LogP contribution in [0.3, 0.4) is 0 Å². The van der Waals surface area contributed by atoms with Crippen LogP contribution in [0.2, 0.25) is 5.02 Å². The maximum atomic E-state index is 12.7. The first-order valence-corrected chi connectivity index (χ1v) is 15.4. The largest absolute Gasteiger partial charge is 0.488 e. The molecule has 0 atom stereocenters. The molecule has 1 aromatic heterocycles. The summed E-state index contributed by atoms with van der Waals surface area (Å²) in [5, 5.41) is 20.4. The standard InChI is InChI=1S/C27H38ClN7O3S/c1-16(2)15-39(36,37)25(29)23(14-30-4)33-26-21(28)13-32-27(35-26)34-22-11-17(3)20(18-7-9-31-10-8-18)12-24(22)38-19-5-6-19/h11-14,16,18-19,29-31H,5-10,15H2,1-4H3,(H2,32,33,34,35)/b23-14+,29-25?. The van der Waals surface area contributed by atoms with Gasteiger partial charge in [-0.05, 0) is 80.8 Å². The van der Waals surface area contributed by atoms with E-state index in [2.05, 4.69) is 50.3 Å². The predicted molar refractivity (Wildman–Crippen MR) is 157 cm³/mol. The van der Waals surface area contributed by atoms with Crippen molar-refractivity contribution in [2.75, 3.05) is 36.5 Å². The van der Waals surface area contributed by atoms with Crippen molar-refractivity contribution in [2.45, 2.75) is 58.5 Å². The van der Waals surface area contributed by atoms with E-state index in [1.807, 2.05) is 0 Å². The van der Waals surface area contributed by atoms with E-state index in [4.69, 9.17) is 21.7 Å². The zero-order valence-electron chi connectivity index (χ0n) is 22.9. The van der Waals surface area contributed by atoms with Crippen LogP contribution in [0.15, 0.2) is 30.2 Å². The zero-order valence-corrected chi connectivity index (χ0v) is 24.5. The van der Waals surface area contributed by atoms with Crippen molar-refractivity contribution < 1.29 is 13.2 Å². The Hall–Kier alpha value is -2.89. The van der Waals surface area contributed by atoms with Crippen molar-refractivity contribution >= 4 is 43.9 Å². The first-order chi connectivity index (χ1) is 18.6. The summed E-state index contributed by atoms with van der Waals surface area (Å²) >= 11 is 6.37. The Morgan fingerprint density at radius 1 is 1.26 bits per heavy atom. The lowest BCUT2D eigenvalue weighted by Crippen LogP contribution is -2.27. The van der Waals surface area contributed by atoms with Crippen LogP contribution in [0.1, 0.15) is 56.6 Å². The van der Waals surface area contributed by atoms with Gasteiger partial charge in [-0.25, -0.2) is 13.4 Å². The lowest BCUT2D eigenvalue weighted by atomic mass is 9.87. The second-order valence-electron chi connectivity index (χ2n) is 10.5. The number of aryl methyl sites for hydroxylation is 1. The minimum absolute atomic E-state index is 0.0321. The highest BCUT2D eigenvalue weighted by molar-refractivity contribution is 8.06. The van der Waals surface area contributed by atoms with Gasteiger partial charge >= 0.3 is 0 Å². The number of anilines is 3. The van der Waals surface area contributed by atoms with Crippen LogP contribution in [0.25, 0.3) is 0 Å². The van der Waals surface area contributed by atoms with Gasteiger partial charge in [-0.2, -0.15) is 4.98 Å². The number of nitrogens with one attached hydrogen (secondary N) is 5. The molecule has 2 aromatic rings.